The fraction of sp³-hybridized carbons (Fsp3) is 0.467. The number of anilines is 1. The molecule has 1 atom stereocenters. The number of hydrogen-bond acceptors (Lipinski definition) is 4. The number of nitrogens with one attached hydrogen (secondary N) is 1. The molecule has 1 unspecified atom stereocenters. The summed E-state index contributed by atoms with van der Waals surface area (Å²) in [5.74, 6) is -2.00. The van der Waals surface area contributed by atoms with Gasteiger partial charge in [0.1, 0.15) is 5.82 Å². The minimum absolute atomic E-state index is 0.00699. The third kappa shape index (κ3) is 5.06. The monoisotopic (exact) mass is 296 g/mol. The highest BCUT2D eigenvalue weighted by Gasteiger charge is 2.17. The summed E-state index contributed by atoms with van der Waals surface area (Å²) in [5.41, 5.74) is 5.82. The van der Waals surface area contributed by atoms with Crippen molar-refractivity contribution in [1.82, 2.24) is 5.32 Å². The van der Waals surface area contributed by atoms with Crippen molar-refractivity contribution in [3.63, 3.8) is 0 Å². The predicted octanol–water partition coefficient (Wildman–Crippen LogP) is 2.18. The third-order valence-electron chi connectivity index (χ3n) is 2.96. The Hall–Kier alpha value is -2.11. The number of aryl methyl sites for hydroxylation is 1. The molecule has 5 nitrogen and oxygen atoms in total. The predicted molar refractivity (Wildman–Crippen MR) is 78.3 cm³/mol. The van der Waals surface area contributed by atoms with Gasteiger partial charge in [-0.25, -0.2) is 9.18 Å². The lowest BCUT2D eigenvalue weighted by Gasteiger charge is -2.13. The van der Waals surface area contributed by atoms with Crippen molar-refractivity contribution in [2.75, 3.05) is 12.3 Å². The van der Waals surface area contributed by atoms with E-state index in [1.165, 1.54) is 19.1 Å². The average molecular weight is 296 g/mol. The number of nitrogens with two attached hydrogens (primary N) is 1. The summed E-state index contributed by atoms with van der Waals surface area (Å²) >= 11 is 0. The zero-order valence-corrected chi connectivity index (χ0v) is 12.5. The van der Waals surface area contributed by atoms with Gasteiger partial charge < -0.3 is 15.8 Å². The van der Waals surface area contributed by atoms with E-state index >= 15 is 0 Å². The van der Waals surface area contributed by atoms with Gasteiger partial charge in [-0.05, 0) is 38.0 Å². The van der Waals surface area contributed by atoms with Crippen LogP contribution in [0.4, 0.5) is 10.1 Å². The summed E-state index contributed by atoms with van der Waals surface area (Å²) < 4.78 is 18.6. The average Bonchev–Trinajstić information content (AvgIpc) is 2.40. The highest BCUT2D eigenvalue weighted by molar-refractivity contribution is 5.92. The Labute approximate surface area is 123 Å². The molecule has 1 amide bonds. The fourth-order valence-corrected chi connectivity index (χ4v) is 1.98. The lowest BCUT2D eigenvalue weighted by atomic mass is 10.1. The van der Waals surface area contributed by atoms with Crippen LogP contribution in [0.1, 0.15) is 42.6 Å². The first kappa shape index (κ1) is 16.9. The molecule has 0 heterocycles. The molecule has 21 heavy (non-hydrogen) atoms. The van der Waals surface area contributed by atoms with Gasteiger partial charge in [0.25, 0.3) is 5.91 Å². The maximum absolute atomic E-state index is 13.8. The molecule has 0 spiro atoms. The van der Waals surface area contributed by atoms with Gasteiger partial charge in [-0.1, -0.05) is 13.3 Å². The molecular weight excluding hydrogens is 275 g/mol. The van der Waals surface area contributed by atoms with Crippen LogP contribution in [0.2, 0.25) is 0 Å². The van der Waals surface area contributed by atoms with Crippen LogP contribution in [0.3, 0.4) is 0 Å². The van der Waals surface area contributed by atoms with E-state index < -0.39 is 24.3 Å². The van der Waals surface area contributed by atoms with E-state index in [0.29, 0.717) is 0 Å². The smallest absolute Gasteiger partial charge is 0.341 e. The van der Waals surface area contributed by atoms with E-state index in [4.69, 9.17) is 10.5 Å². The number of esters is 1. The fourth-order valence-electron chi connectivity index (χ4n) is 1.98. The van der Waals surface area contributed by atoms with Crippen LogP contribution in [-0.2, 0) is 9.53 Å². The second kappa shape index (κ2) is 7.61. The summed E-state index contributed by atoms with van der Waals surface area (Å²) in [5, 5.41) is 2.69. The summed E-state index contributed by atoms with van der Waals surface area (Å²) in [6.45, 7) is 4.93. The number of halogens is 1. The number of nitrogen functional groups attached to an aromatic ring is 1. The third-order valence-corrected chi connectivity index (χ3v) is 2.96. The minimum atomic E-state index is -0.902. The lowest BCUT2D eigenvalue weighted by molar-refractivity contribution is -0.124. The van der Waals surface area contributed by atoms with Crippen LogP contribution in [0.15, 0.2) is 12.1 Å². The molecular formula is C15H21FN2O3. The topological polar surface area (TPSA) is 81.4 Å². The molecule has 0 bridgehead atoms. The Morgan fingerprint density at radius 3 is 2.71 bits per heavy atom. The van der Waals surface area contributed by atoms with E-state index in [1.54, 1.807) is 0 Å². The van der Waals surface area contributed by atoms with E-state index in [-0.39, 0.29) is 22.9 Å². The van der Waals surface area contributed by atoms with Crippen LogP contribution < -0.4 is 11.1 Å². The molecule has 0 fully saturated rings. The van der Waals surface area contributed by atoms with Crippen LogP contribution in [0, 0.1) is 12.7 Å². The molecule has 1 aromatic carbocycles. The molecule has 0 saturated carbocycles. The number of benzene rings is 1. The number of hydrogen-bond donors (Lipinski definition) is 2. The van der Waals surface area contributed by atoms with Crippen molar-refractivity contribution in [3.8, 4) is 0 Å². The number of carbonyl (C=O) groups excluding carboxylic acids is 2. The van der Waals surface area contributed by atoms with Crippen molar-refractivity contribution in [1.29, 1.82) is 0 Å². The van der Waals surface area contributed by atoms with Crippen LogP contribution in [-0.4, -0.2) is 24.5 Å². The van der Waals surface area contributed by atoms with Crippen LogP contribution in [0.25, 0.3) is 0 Å². The zero-order chi connectivity index (χ0) is 16.0. The molecule has 0 radical (unpaired) electrons. The zero-order valence-electron chi connectivity index (χ0n) is 12.5. The summed E-state index contributed by atoms with van der Waals surface area (Å²) in [6, 6.07) is 2.63. The van der Waals surface area contributed by atoms with Gasteiger partial charge >= 0.3 is 5.97 Å². The Bertz CT molecular complexity index is 532. The van der Waals surface area contributed by atoms with Crippen molar-refractivity contribution in [2.45, 2.75) is 39.7 Å². The van der Waals surface area contributed by atoms with Gasteiger partial charge in [0.15, 0.2) is 6.61 Å². The molecule has 0 aliphatic heterocycles. The molecule has 1 aromatic rings. The SMILES string of the molecule is CCCC(C)NC(=O)COC(=O)c1cc(N)cc(C)c1F. The largest absolute Gasteiger partial charge is 0.452 e. The van der Waals surface area contributed by atoms with E-state index in [0.717, 1.165) is 12.8 Å². The van der Waals surface area contributed by atoms with Gasteiger partial charge in [-0.15, -0.1) is 0 Å². The maximum Gasteiger partial charge on any atom is 0.341 e. The van der Waals surface area contributed by atoms with E-state index in [2.05, 4.69) is 5.32 Å². The summed E-state index contributed by atoms with van der Waals surface area (Å²) in [7, 11) is 0. The lowest BCUT2D eigenvalue weighted by Crippen LogP contribution is -2.35. The Morgan fingerprint density at radius 1 is 1.43 bits per heavy atom. The van der Waals surface area contributed by atoms with E-state index in [1.807, 2.05) is 13.8 Å². The number of amides is 1. The highest BCUT2D eigenvalue weighted by Crippen LogP contribution is 2.17. The van der Waals surface area contributed by atoms with Gasteiger partial charge in [-0.2, -0.15) is 0 Å². The first-order valence-electron chi connectivity index (χ1n) is 6.87. The molecule has 3 N–H and O–H groups in total. The van der Waals surface area contributed by atoms with Gasteiger partial charge in [-0.3, -0.25) is 4.79 Å². The van der Waals surface area contributed by atoms with Crippen LogP contribution >= 0.6 is 0 Å². The number of rotatable bonds is 6. The van der Waals surface area contributed by atoms with Gasteiger partial charge in [0.2, 0.25) is 0 Å². The molecule has 0 aliphatic carbocycles. The maximum atomic E-state index is 13.8. The van der Waals surface area contributed by atoms with Crippen LogP contribution in [0.5, 0.6) is 0 Å². The van der Waals surface area contributed by atoms with Crippen molar-refractivity contribution in [3.05, 3.63) is 29.1 Å². The number of ether oxygens (including phenoxy) is 1. The minimum Gasteiger partial charge on any atom is -0.452 e. The van der Waals surface area contributed by atoms with Crippen molar-refractivity contribution < 1.29 is 18.7 Å². The first-order valence-corrected chi connectivity index (χ1v) is 6.87. The summed E-state index contributed by atoms with van der Waals surface area (Å²) in [6.07, 6.45) is 1.78. The molecule has 116 valence electrons. The molecule has 1 rings (SSSR count). The summed E-state index contributed by atoms with van der Waals surface area (Å²) in [4.78, 5) is 23.4. The van der Waals surface area contributed by atoms with Crippen molar-refractivity contribution >= 4 is 17.6 Å². The quantitative estimate of drug-likeness (QED) is 0.622. The highest BCUT2D eigenvalue weighted by atomic mass is 19.1. The second-order valence-corrected chi connectivity index (χ2v) is 5.03. The number of carbonyl (C=O) groups is 2. The molecule has 6 heteroatoms. The molecule has 0 aliphatic rings. The first-order chi connectivity index (χ1) is 9.85. The van der Waals surface area contributed by atoms with Gasteiger partial charge in [0, 0.05) is 11.7 Å². The normalized spacial score (nSPS) is 11.8. The second-order valence-electron chi connectivity index (χ2n) is 5.03. The Kier molecular flexibility index (Phi) is 6.14. The van der Waals surface area contributed by atoms with Gasteiger partial charge in [0.05, 0.1) is 5.56 Å². The Morgan fingerprint density at radius 2 is 2.10 bits per heavy atom. The molecule has 0 aromatic heterocycles. The Balaban J connectivity index is 2.60. The van der Waals surface area contributed by atoms with Crippen molar-refractivity contribution in [2.24, 2.45) is 0 Å². The standard InChI is InChI=1S/C15H21FN2O3/c1-4-5-10(3)18-13(19)8-21-15(20)12-7-11(17)6-9(2)14(12)16/h6-7,10H,4-5,8,17H2,1-3H3,(H,18,19). The molecule has 0 saturated heterocycles. The van der Waals surface area contributed by atoms with E-state index in [9.17, 15) is 14.0 Å².